The lowest BCUT2D eigenvalue weighted by Gasteiger charge is -2.20. The average molecular weight is 226 g/mol. The van der Waals surface area contributed by atoms with Crippen LogP contribution in [-0.2, 0) is 17.7 Å². The van der Waals surface area contributed by atoms with Crippen molar-refractivity contribution in [2.24, 2.45) is 0 Å². The molecular weight excluding hydrogens is 204 g/mol. The number of aliphatic hydroxyl groups is 1. The third kappa shape index (κ3) is 3.61. The highest BCUT2D eigenvalue weighted by Crippen LogP contribution is 2.10. The highest BCUT2D eigenvalue weighted by Gasteiger charge is 2.18. The number of aryl methyl sites for hydroxylation is 1. The summed E-state index contributed by atoms with van der Waals surface area (Å²) in [5, 5.41) is 14.2. The fraction of sp³-hybridized carbons (Fsp3) is 0.750. The summed E-state index contributed by atoms with van der Waals surface area (Å²) >= 11 is 0. The van der Waals surface area contributed by atoms with Crippen LogP contribution in [0.2, 0.25) is 0 Å². The van der Waals surface area contributed by atoms with Gasteiger partial charge in [-0.3, -0.25) is 4.68 Å². The Morgan fingerprint density at radius 2 is 2.19 bits per heavy atom. The minimum atomic E-state index is -0.445. The van der Waals surface area contributed by atoms with Crippen LogP contribution in [0.4, 0.5) is 0 Å². The normalized spacial score (nSPS) is 15.0. The van der Waals surface area contributed by atoms with Gasteiger partial charge in [0.2, 0.25) is 0 Å². The molecule has 4 nitrogen and oxygen atoms in total. The zero-order valence-corrected chi connectivity index (χ0v) is 10.4. The molecule has 0 aromatic carbocycles. The van der Waals surface area contributed by atoms with Gasteiger partial charge in [0, 0.05) is 25.8 Å². The summed E-state index contributed by atoms with van der Waals surface area (Å²) in [6.07, 6.45) is 4.71. The van der Waals surface area contributed by atoms with Gasteiger partial charge in [-0.15, -0.1) is 0 Å². The molecule has 92 valence electrons. The lowest BCUT2D eigenvalue weighted by Crippen LogP contribution is -2.30. The number of aliphatic hydroxyl groups excluding tert-OH is 1. The van der Waals surface area contributed by atoms with E-state index in [2.05, 4.69) is 5.10 Å². The average Bonchev–Trinajstić information content (AvgIpc) is 2.73. The summed E-state index contributed by atoms with van der Waals surface area (Å²) < 4.78 is 7.35. The van der Waals surface area contributed by atoms with Gasteiger partial charge in [-0.05, 0) is 25.8 Å². The van der Waals surface area contributed by atoms with Gasteiger partial charge in [0.1, 0.15) is 0 Å². The van der Waals surface area contributed by atoms with Crippen LogP contribution in [0, 0.1) is 0 Å². The van der Waals surface area contributed by atoms with Crippen molar-refractivity contribution in [3.8, 4) is 0 Å². The van der Waals surface area contributed by atoms with Crippen LogP contribution >= 0.6 is 0 Å². The second kappa shape index (κ2) is 6.66. The van der Waals surface area contributed by atoms with Gasteiger partial charge in [0.25, 0.3) is 0 Å². The molecule has 0 aliphatic carbocycles. The Kier molecular flexibility index (Phi) is 5.49. The van der Waals surface area contributed by atoms with Gasteiger partial charge in [0.15, 0.2) is 0 Å². The van der Waals surface area contributed by atoms with Crippen LogP contribution in [0.15, 0.2) is 12.4 Å². The highest BCUT2D eigenvalue weighted by atomic mass is 16.5. The van der Waals surface area contributed by atoms with Crippen LogP contribution in [0.25, 0.3) is 0 Å². The lowest BCUT2D eigenvalue weighted by atomic mass is 10.0. The monoisotopic (exact) mass is 226 g/mol. The predicted octanol–water partition coefficient (Wildman–Crippen LogP) is 1.62. The Morgan fingerprint density at radius 3 is 2.69 bits per heavy atom. The van der Waals surface area contributed by atoms with E-state index >= 15 is 0 Å². The van der Waals surface area contributed by atoms with Crippen molar-refractivity contribution in [3.05, 3.63) is 18.0 Å². The molecule has 1 heterocycles. The lowest BCUT2D eigenvalue weighted by molar-refractivity contribution is -0.0334. The molecule has 0 radical (unpaired) electrons. The summed E-state index contributed by atoms with van der Waals surface area (Å²) in [4.78, 5) is 0. The Labute approximate surface area is 97.2 Å². The topological polar surface area (TPSA) is 47.3 Å². The predicted molar refractivity (Wildman–Crippen MR) is 63.3 cm³/mol. The minimum absolute atomic E-state index is 0.0741. The standard InChI is InChI=1S/C12H22N2O2/c1-4-12(16-6-3)11(15)7-10-8-13-14(5-2)9-10/h8-9,11-12,15H,4-7H2,1-3H3. The van der Waals surface area contributed by atoms with Crippen molar-refractivity contribution < 1.29 is 9.84 Å². The Balaban J connectivity index is 2.51. The molecule has 2 atom stereocenters. The van der Waals surface area contributed by atoms with Gasteiger partial charge in [-0.2, -0.15) is 5.10 Å². The van der Waals surface area contributed by atoms with E-state index in [4.69, 9.17) is 4.74 Å². The van der Waals surface area contributed by atoms with Crippen molar-refractivity contribution in [1.82, 2.24) is 9.78 Å². The van der Waals surface area contributed by atoms with Crippen molar-refractivity contribution >= 4 is 0 Å². The summed E-state index contributed by atoms with van der Waals surface area (Å²) in [5.74, 6) is 0. The first-order chi connectivity index (χ1) is 7.71. The Hall–Kier alpha value is -0.870. The van der Waals surface area contributed by atoms with Gasteiger partial charge in [-0.25, -0.2) is 0 Å². The van der Waals surface area contributed by atoms with Gasteiger partial charge < -0.3 is 9.84 Å². The van der Waals surface area contributed by atoms with Crippen LogP contribution < -0.4 is 0 Å². The van der Waals surface area contributed by atoms with Crippen molar-refractivity contribution in [3.63, 3.8) is 0 Å². The first-order valence-electron chi connectivity index (χ1n) is 6.02. The quantitative estimate of drug-likeness (QED) is 0.768. The molecule has 2 unspecified atom stereocenters. The molecule has 0 spiro atoms. The minimum Gasteiger partial charge on any atom is -0.390 e. The van der Waals surface area contributed by atoms with E-state index in [1.165, 1.54) is 0 Å². The smallest absolute Gasteiger partial charge is 0.0843 e. The third-order valence-corrected chi connectivity index (χ3v) is 2.67. The first-order valence-corrected chi connectivity index (χ1v) is 6.02. The number of rotatable bonds is 7. The van der Waals surface area contributed by atoms with E-state index in [0.717, 1.165) is 18.5 Å². The maximum atomic E-state index is 10.0. The number of nitrogens with zero attached hydrogens (tertiary/aromatic N) is 2. The number of aromatic nitrogens is 2. The second-order valence-electron chi connectivity index (χ2n) is 3.88. The number of hydrogen-bond donors (Lipinski definition) is 1. The van der Waals surface area contributed by atoms with E-state index in [9.17, 15) is 5.11 Å². The maximum Gasteiger partial charge on any atom is 0.0843 e. The molecule has 0 aliphatic heterocycles. The molecule has 0 aliphatic rings. The van der Waals surface area contributed by atoms with E-state index in [1.54, 1.807) is 0 Å². The van der Waals surface area contributed by atoms with Crippen LogP contribution in [0.5, 0.6) is 0 Å². The zero-order chi connectivity index (χ0) is 12.0. The van der Waals surface area contributed by atoms with Gasteiger partial charge in [0.05, 0.1) is 18.4 Å². The number of ether oxygens (including phenoxy) is 1. The molecule has 0 amide bonds. The molecule has 1 aromatic heterocycles. The molecule has 1 aromatic rings. The highest BCUT2D eigenvalue weighted by molar-refractivity contribution is 5.05. The van der Waals surface area contributed by atoms with E-state index < -0.39 is 6.10 Å². The van der Waals surface area contributed by atoms with Crippen molar-refractivity contribution in [1.29, 1.82) is 0 Å². The fourth-order valence-corrected chi connectivity index (χ4v) is 1.77. The molecular formula is C12H22N2O2. The molecule has 1 rings (SSSR count). The molecule has 16 heavy (non-hydrogen) atoms. The van der Waals surface area contributed by atoms with Gasteiger partial charge >= 0.3 is 0 Å². The van der Waals surface area contributed by atoms with E-state index in [0.29, 0.717) is 13.0 Å². The fourth-order valence-electron chi connectivity index (χ4n) is 1.77. The second-order valence-corrected chi connectivity index (χ2v) is 3.88. The Morgan fingerprint density at radius 1 is 1.44 bits per heavy atom. The van der Waals surface area contributed by atoms with E-state index in [-0.39, 0.29) is 6.10 Å². The molecule has 0 bridgehead atoms. The first kappa shape index (κ1) is 13.2. The molecule has 0 fully saturated rings. The Bertz CT molecular complexity index is 299. The summed E-state index contributed by atoms with van der Waals surface area (Å²) in [6, 6.07) is 0. The molecule has 4 heteroatoms. The maximum absolute atomic E-state index is 10.0. The number of hydrogen-bond acceptors (Lipinski definition) is 3. The summed E-state index contributed by atoms with van der Waals surface area (Å²) in [6.45, 7) is 7.52. The molecule has 0 saturated carbocycles. The van der Waals surface area contributed by atoms with Crippen molar-refractivity contribution in [2.75, 3.05) is 6.61 Å². The van der Waals surface area contributed by atoms with Gasteiger partial charge in [-0.1, -0.05) is 6.92 Å². The van der Waals surface area contributed by atoms with E-state index in [1.807, 2.05) is 37.8 Å². The van der Waals surface area contributed by atoms with Crippen LogP contribution in [0.1, 0.15) is 32.8 Å². The molecule has 1 N–H and O–H groups in total. The summed E-state index contributed by atoms with van der Waals surface area (Å²) in [5.41, 5.74) is 1.06. The van der Waals surface area contributed by atoms with Crippen molar-refractivity contribution in [2.45, 2.75) is 52.4 Å². The van der Waals surface area contributed by atoms with Crippen LogP contribution in [-0.4, -0.2) is 33.7 Å². The third-order valence-electron chi connectivity index (χ3n) is 2.67. The summed E-state index contributed by atoms with van der Waals surface area (Å²) in [7, 11) is 0. The van der Waals surface area contributed by atoms with Crippen LogP contribution in [0.3, 0.4) is 0 Å². The zero-order valence-electron chi connectivity index (χ0n) is 10.4. The largest absolute Gasteiger partial charge is 0.390 e. The SMILES string of the molecule is CCOC(CC)C(O)Cc1cnn(CC)c1. The molecule has 0 saturated heterocycles.